The van der Waals surface area contributed by atoms with Gasteiger partial charge in [0.2, 0.25) is 0 Å². The maximum absolute atomic E-state index is 12.6. The second-order valence-electron chi connectivity index (χ2n) is 3.19. The first-order chi connectivity index (χ1) is 4.86. The fourth-order valence-corrected chi connectivity index (χ4v) is 0.646. The van der Waals surface area contributed by atoms with Crippen LogP contribution in [-0.4, -0.2) is 11.7 Å². The Hall–Kier alpha value is -0.470. The van der Waals surface area contributed by atoms with Crippen LogP contribution in [0.1, 0.15) is 33.6 Å². The maximum Gasteiger partial charge on any atom is 0.304 e. The van der Waals surface area contributed by atoms with Crippen LogP contribution in [-0.2, 0) is 4.79 Å². The summed E-state index contributed by atoms with van der Waals surface area (Å²) in [5.74, 6) is -3.91. The Morgan fingerprint density at radius 3 is 2.18 bits per heavy atom. The molecule has 66 valence electrons. The molecule has 0 atom stereocenters. The highest BCUT2D eigenvalue weighted by atomic mass is 19.3. The molecule has 0 N–H and O–H groups in total. The van der Waals surface area contributed by atoms with Gasteiger partial charge in [-0.05, 0) is 12.3 Å². The van der Waals surface area contributed by atoms with Gasteiger partial charge in [0.05, 0.1) is 0 Å². The lowest BCUT2D eigenvalue weighted by molar-refractivity contribution is -0.141. The van der Waals surface area contributed by atoms with E-state index in [4.69, 9.17) is 0 Å². The van der Waals surface area contributed by atoms with E-state index >= 15 is 0 Å². The Morgan fingerprint density at radius 1 is 1.45 bits per heavy atom. The van der Waals surface area contributed by atoms with Crippen molar-refractivity contribution in [1.82, 2.24) is 0 Å². The highest BCUT2D eigenvalue weighted by Gasteiger charge is 2.34. The Morgan fingerprint density at radius 2 is 1.91 bits per heavy atom. The molecule has 0 aromatic carbocycles. The summed E-state index contributed by atoms with van der Waals surface area (Å²) in [5, 5.41) is 0. The van der Waals surface area contributed by atoms with Gasteiger partial charge in [0.25, 0.3) is 0 Å². The molecule has 0 saturated heterocycles. The third kappa shape index (κ3) is 4.06. The molecule has 0 fully saturated rings. The number of halogens is 2. The highest BCUT2D eigenvalue weighted by molar-refractivity contribution is 5.82. The smallest absolute Gasteiger partial charge is 0.293 e. The van der Waals surface area contributed by atoms with Crippen LogP contribution >= 0.6 is 0 Å². The van der Waals surface area contributed by atoms with Crippen molar-refractivity contribution in [2.24, 2.45) is 5.92 Å². The molecule has 0 aliphatic rings. The van der Waals surface area contributed by atoms with Crippen LogP contribution in [0, 0.1) is 5.92 Å². The summed E-state index contributed by atoms with van der Waals surface area (Å²) < 4.78 is 25.1. The van der Waals surface area contributed by atoms with E-state index in [9.17, 15) is 13.6 Å². The lowest BCUT2D eigenvalue weighted by Crippen LogP contribution is -2.26. The standard InChI is InChI=1S/C8H14F2O/c1-6(2)4-5-8(9,10)7(3)11/h6H,4-5H2,1-3H3. The zero-order valence-corrected chi connectivity index (χ0v) is 7.16. The predicted octanol–water partition coefficient (Wildman–Crippen LogP) is 2.65. The van der Waals surface area contributed by atoms with E-state index in [0.717, 1.165) is 6.92 Å². The molecule has 0 unspecified atom stereocenters. The van der Waals surface area contributed by atoms with Gasteiger partial charge >= 0.3 is 5.92 Å². The van der Waals surface area contributed by atoms with Crippen molar-refractivity contribution in [3.05, 3.63) is 0 Å². The summed E-state index contributed by atoms with van der Waals surface area (Å²) in [7, 11) is 0. The average Bonchev–Trinajstić information content (AvgIpc) is 1.84. The molecule has 3 heteroatoms. The zero-order chi connectivity index (χ0) is 9.07. The van der Waals surface area contributed by atoms with Crippen molar-refractivity contribution < 1.29 is 13.6 Å². The SMILES string of the molecule is CC(=O)C(F)(F)CCC(C)C. The number of carbonyl (C=O) groups is 1. The fraction of sp³-hybridized carbons (Fsp3) is 0.875. The van der Waals surface area contributed by atoms with Gasteiger partial charge in [-0.3, -0.25) is 4.79 Å². The van der Waals surface area contributed by atoms with Crippen LogP contribution in [0.15, 0.2) is 0 Å². The topological polar surface area (TPSA) is 17.1 Å². The van der Waals surface area contributed by atoms with Gasteiger partial charge in [-0.2, -0.15) is 8.78 Å². The second kappa shape index (κ2) is 3.79. The molecule has 0 aromatic rings. The molecule has 0 spiro atoms. The van der Waals surface area contributed by atoms with Gasteiger partial charge in [-0.15, -0.1) is 0 Å². The number of carbonyl (C=O) groups excluding carboxylic acids is 1. The van der Waals surface area contributed by atoms with Crippen LogP contribution in [0.3, 0.4) is 0 Å². The summed E-state index contributed by atoms with van der Waals surface area (Å²) in [6.07, 6.45) is 0.0760. The molecule has 0 aliphatic carbocycles. The first kappa shape index (κ1) is 10.5. The second-order valence-corrected chi connectivity index (χ2v) is 3.19. The molecule has 0 rings (SSSR count). The minimum absolute atomic E-state index is 0.222. The molecule has 0 amide bonds. The Balaban J connectivity index is 3.83. The lowest BCUT2D eigenvalue weighted by Gasteiger charge is -2.13. The maximum atomic E-state index is 12.6. The number of alkyl halides is 2. The van der Waals surface area contributed by atoms with E-state index < -0.39 is 11.7 Å². The van der Waals surface area contributed by atoms with E-state index in [1.807, 2.05) is 13.8 Å². The molecule has 0 aliphatic heterocycles. The zero-order valence-electron chi connectivity index (χ0n) is 7.16. The minimum atomic E-state index is -3.11. The quantitative estimate of drug-likeness (QED) is 0.624. The molecule has 11 heavy (non-hydrogen) atoms. The first-order valence-electron chi connectivity index (χ1n) is 3.75. The van der Waals surface area contributed by atoms with Crippen LogP contribution in [0.4, 0.5) is 8.78 Å². The number of hydrogen-bond acceptors (Lipinski definition) is 1. The van der Waals surface area contributed by atoms with Gasteiger partial charge < -0.3 is 0 Å². The largest absolute Gasteiger partial charge is 0.304 e. The van der Waals surface area contributed by atoms with Gasteiger partial charge in [-0.25, -0.2) is 0 Å². The molecule has 0 radical (unpaired) electrons. The molecular weight excluding hydrogens is 150 g/mol. The number of ketones is 1. The van der Waals surface area contributed by atoms with Crippen molar-refractivity contribution in [3.63, 3.8) is 0 Å². The van der Waals surface area contributed by atoms with Crippen LogP contribution in [0.25, 0.3) is 0 Å². The van der Waals surface area contributed by atoms with Gasteiger partial charge in [0.15, 0.2) is 5.78 Å². The Bertz CT molecular complexity index is 141. The van der Waals surface area contributed by atoms with E-state index in [-0.39, 0.29) is 12.3 Å². The summed E-state index contributed by atoms with van der Waals surface area (Å²) in [5.41, 5.74) is 0. The Kier molecular flexibility index (Phi) is 3.63. The van der Waals surface area contributed by atoms with Crippen LogP contribution in [0.5, 0.6) is 0 Å². The van der Waals surface area contributed by atoms with Crippen molar-refractivity contribution in [3.8, 4) is 0 Å². The van der Waals surface area contributed by atoms with Gasteiger partial charge in [0, 0.05) is 13.3 Å². The van der Waals surface area contributed by atoms with Gasteiger partial charge in [0.1, 0.15) is 0 Å². The lowest BCUT2D eigenvalue weighted by atomic mass is 10.0. The van der Waals surface area contributed by atoms with E-state index in [1.165, 1.54) is 0 Å². The summed E-state index contributed by atoms with van der Waals surface area (Å²) in [6, 6.07) is 0. The third-order valence-electron chi connectivity index (χ3n) is 1.55. The minimum Gasteiger partial charge on any atom is -0.293 e. The van der Waals surface area contributed by atoms with E-state index in [0.29, 0.717) is 6.42 Å². The van der Waals surface area contributed by atoms with Crippen LogP contribution in [0.2, 0.25) is 0 Å². The molecule has 0 aromatic heterocycles. The summed E-state index contributed by atoms with van der Waals surface area (Å²) in [4.78, 5) is 10.3. The summed E-state index contributed by atoms with van der Waals surface area (Å²) >= 11 is 0. The van der Waals surface area contributed by atoms with E-state index in [1.54, 1.807) is 0 Å². The van der Waals surface area contributed by atoms with Gasteiger partial charge in [-0.1, -0.05) is 13.8 Å². The molecule has 0 bridgehead atoms. The number of Topliss-reactive ketones (excluding diaryl/α,β-unsaturated/α-hetero) is 1. The van der Waals surface area contributed by atoms with Crippen molar-refractivity contribution >= 4 is 5.78 Å². The molecule has 1 nitrogen and oxygen atoms in total. The fourth-order valence-electron chi connectivity index (χ4n) is 0.646. The predicted molar refractivity (Wildman–Crippen MR) is 39.7 cm³/mol. The number of rotatable bonds is 4. The van der Waals surface area contributed by atoms with E-state index in [2.05, 4.69) is 0 Å². The normalized spacial score (nSPS) is 12.2. The monoisotopic (exact) mass is 164 g/mol. The summed E-state index contributed by atoms with van der Waals surface area (Å²) in [6.45, 7) is 4.65. The van der Waals surface area contributed by atoms with Crippen molar-refractivity contribution in [2.75, 3.05) is 0 Å². The molecule has 0 saturated carbocycles. The first-order valence-corrected chi connectivity index (χ1v) is 3.75. The molecular formula is C8H14F2O. The van der Waals surface area contributed by atoms with Crippen LogP contribution < -0.4 is 0 Å². The highest BCUT2D eigenvalue weighted by Crippen LogP contribution is 2.23. The number of hydrogen-bond donors (Lipinski definition) is 0. The Labute approximate surface area is 65.8 Å². The van der Waals surface area contributed by atoms with Crippen molar-refractivity contribution in [2.45, 2.75) is 39.5 Å². The molecule has 0 heterocycles. The average molecular weight is 164 g/mol. The van der Waals surface area contributed by atoms with Crippen molar-refractivity contribution in [1.29, 1.82) is 0 Å². The third-order valence-corrected chi connectivity index (χ3v) is 1.55.